The number of fused-ring (bicyclic) bond motifs is 5. The predicted octanol–water partition coefficient (Wildman–Crippen LogP) is 21.3. The van der Waals surface area contributed by atoms with Gasteiger partial charge in [-0.15, -0.1) is 0 Å². The molecule has 20 nitrogen and oxygen atoms in total. The van der Waals surface area contributed by atoms with Crippen molar-refractivity contribution in [1.29, 1.82) is 0 Å². The SMILES string of the molecule is O=C(Oc1ccc(Cl)cc1)c1cc2cc(CF)ccc2oc1=O.O=C(Oc1cccc(Br)c1)c1cc2cc(CBr)ccc2oc1=O.O=C(Oc1cccc(Cl)c1)c1cc2cc(CBr)ccc2oc1=O.O=C(Oc1cccc(F)c1)c1cc2cc(CBr)ccc2oc1=O.O=C(Oc1ccccc1)c1cc2cc(CBr)ccc2oc1=O. The van der Waals surface area contributed by atoms with Gasteiger partial charge in [0.05, 0.1) is 0 Å². The Kier molecular flexibility index (Phi) is 28.7. The fourth-order valence-corrected chi connectivity index (χ4v) is 12.5. The van der Waals surface area contributed by atoms with Gasteiger partial charge in [0.1, 0.15) is 97.0 Å². The van der Waals surface area contributed by atoms with Crippen LogP contribution in [0.4, 0.5) is 8.78 Å². The monoisotopic (exact) mass is 1890 g/mol. The molecular formula is C85H51Br5Cl2F2O20. The average molecular weight is 1900 g/mol. The second-order valence-electron chi connectivity index (χ2n) is 23.9. The Labute approximate surface area is 694 Å². The van der Waals surface area contributed by atoms with Crippen molar-refractivity contribution in [2.45, 2.75) is 28.0 Å². The molecule has 0 aliphatic carbocycles. The van der Waals surface area contributed by atoms with Crippen LogP contribution < -0.4 is 51.8 Å². The zero-order chi connectivity index (χ0) is 81.1. The molecule has 5 heterocycles. The van der Waals surface area contributed by atoms with Gasteiger partial charge in [-0.05, 0) is 204 Å². The second-order valence-corrected chi connectivity index (χ2v) is 27.9. The fourth-order valence-electron chi connectivity index (χ4n) is 10.4. The zero-order valence-corrected chi connectivity index (χ0v) is 67.7. The Morgan fingerprint density at radius 1 is 0.298 bits per heavy atom. The number of para-hydroxylation sites is 1. The smallest absolute Gasteiger partial charge is 0.351 e. The van der Waals surface area contributed by atoms with Crippen molar-refractivity contribution in [3.8, 4) is 28.7 Å². The minimum Gasteiger partial charge on any atom is -0.423 e. The van der Waals surface area contributed by atoms with E-state index in [1.54, 1.807) is 103 Å². The molecule has 0 saturated heterocycles. The summed E-state index contributed by atoms with van der Waals surface area (Å²) < 4.78 is 78.1. The molecule has 10 aromatic carbocycles. The molecule has 0 fully saturated rings. The first-order chi connectivity index (χ1) is 54.9. The third-order valence-electron chi connectivity index (χ3n) is 15.9. The maximum absolute atomic E-state index is 13.1. The molecule has 0 spiro atoms. The lowest BCUT2D eigenvalue weighted by atomic mass is 10.1. The Morgan fingerprint density at radius 3 is 0.912 bits per heavy atom. The van der Waals surface area contributed by atoms with Crippen LogP contribution in [-0.2, 0) is 28.0 Å². The van der Waals surface area contributed by atoms with Crippen molar-refractivity contribution >= 4 is 188 Å². The van der Waals surface area contributed by atoms with Crippen LogP contribution in [0.2, 0.25) is 10.0 Å². The lowest BCUT2D eigenvalue weighted by Crippen LogP contribution is -2.18. The summed E-state index contributed by atoms with van der Waals surface area (Å²) in [5, 5.41) is 6.60. The molecule has 0 atom stereocenters. The zero-order valence-electron chi connectivity index (χ0n) is 58.3. The van der Waals surface area contributed by atoms with Gasteiger partial charge in [-0.25, -0.2) is 56.7 Å². The highest BCUT2D eigenvalue weighted by Gasteiger charge is 2.22. The third kappa shape index (κ3) is 22.2. The molecular weight excluding hydrogens is 1850 g/mol. The van der Waals surface area contributed by atoms with Crippen LogP contribution in [0.15, 0.2) is 299 Å². The van der Waals surface area contributed by atoms with E-state index in [0.717, 1.165) is 32.8 Å². The van der Waals surface area contributed by atoms with E-state index in [2.05, 4.69) is 79.6 Å². The molecule has 0 bridgehead atoms. The first-order valence-corrected chi connectivity index (χ1v) is 39.3. The van der Waals surface area contributed by atoms with E-state index in [0.29, 0.717) is 97.7 Å². The van der Waals surface area contributed by atoms with Gasteiger partial charge in [0.25, 0.3) is 0 Å². The molecule has 29 heteroatoms. The molecule has 114 heavy (non-hydrogen) atoms. The standard InChI is InChI=1S/C17H10Br2O4.C17H10BrClO4.C17H10BrFO4.C17H11BrO4.C17H10ClFO4/c3*18-9-10-4-5-15-11(6-10)7-14(17(21)23-15)16(20)22-13-3-1-2-12(19)8-13;18-10-11-6-7-15-12(8-11)9-14(17(20)22-15)16(19)21-13-4-2-1-3-5-13;18-12-2-4-13(5-3-12)22-16(20)14-8-11-7-10(9-19)1-6-15(11)23-17(14)21/h3*1-8H,9H2;1-9H,10H2;1-8H,9H2. The summed E-state index contributed by atoms with van der Waals surface area (Å²) in [5.74, 6) is -3.30. The number of carbonyl (C=O) groups excluding carboxylic acids is 5. The van der Waals surface area contributed by atoms with Gasteiger partial charge in [0.15, 0.2) is 0 Å². The van der Waals surface area contributed by atoms with Crippen molar-refractivity contribution in [1.82, 2.24) is 0 Å². The molecule has 0 saturated carbocycles. The first-order valence-electron chi connectivity index (χ1n) is 33.3. The predicted molar refractivity (Wildman–Crippen MR) is 442 cm³/mol. The summed E-state index contributed by atoms with van der Waals surface area (Å²) >= 11 is 28.3. The van der Waals surface area contributed by atoms with Crippen LogP contribution in [0.3, 0.4) is 0 Å². The lowest BCUT2D eigenvalue weighted by molar-refractivity contribution is 0.0720. The summed E-state index contributed by atoms with van der Waals surface area (Å²) in [6, 6.07) is 66.2. The molecule has 5 aromatic heterocycles. The number of esters is 5. The van der Waals surface area contributed by atoms with E-state index in [-0.39, 0.29) is 50.6 Å². The lowest BCUT2D eigenvalue weighted by Gasteiger charge is -2.05. The normalized spacial score (nSPS) is 10.7. The minimum atomic E-state index is -0.893. The third-order valence-corrected chi connectivity index (χ3v) is 19.4. The van der Waals surface area contributed by atoms with Gasteiger partial charge in [0, 0.05) is 68.8 Å². The largest absolute Gasteiger partial charge is 0.423 e. The van der Waals surface area contributed by atoms with Crippen molar-refractivity contribution in [3.05, 3.63) is 377 Å². The van der Waals surface area contributed by atoms with Gasteiger partial charge >= 0.3 is 58.0 Å². The van der Waals surface area contributed by atoms with Gasteiger partial charge in [-0.2, -0.15) is 0 Å². The summed E-state index contributed by atoms with van der Waals surface area (Å²) in [6.07, 6.45) is 0. The molecule has 0 aliphatic heterocycles. The quantitative estimate of drug-likeness (QED) is 0.0399. The second kappa shape index (κ2) is 39.3. The number of carbonyl (C=O) groups is 5. The molecule has 0 aliphatic rings. The summed E-state index contributed by atoms with van der Waals surface area (Å²) in [4.78, 5) is 121. The number of hydrogen-bond acceptors (Lipinski definition) is 20. The highest BCUT2D eigenvalue weighted by Crippen LogP contribution is 2.27. The minimum absolute atomic E-state index is 0.0173. The number of benzene rings is 10. The van der Waals surface area contributed by atoms with Crippen LogP contribution in [-0.4, -0.2) is 29.8 Å². The number of hydrogen-bond donors (Lipinski definition) is 0. The first kappa shape index (κ1) is 83.4. The van der Waals surface area contributed by atoms with E-state index in [4.69, 9.17) is 69.0 Å². The Bertz CT molecular complexity index is 6100. The van der Waals surface area contributed by atoms with Crippen molar-refractivity contribution < 1.29 is 78.5 Å². The average Bonchev–Trinajstić information content (AvgIpc) is 0.822. The highest BCUT2D eigenvalue weighted by atomic mass is 79.9. The van der Waals surface area contributed by atoms with Crippen LogP contribution in [0, 0.1) is 5.82 Å². The molecule has 0 N–H and O–H groups in total. The summed E-state index contributed by atoms with van der Waals surface area (Å²) in [5.41, 5.74) is 1.64. The number of alkyl halides is 5. The van der Waals surface area contributed by atoms with E-state index in [9.17, 15) is 56.7 Å². The maximum atomic E-state index is 13.1. The van der Waals surface area contributed by atoms with Crippen LogP contribution in [0.1, 0.15) is 79.6 Å². The number of rotatable bonds is 15. The van der Waals surface area contributed by atoms with Crippen molar-refractivity contribution in [3.63, 3.8) is 0 Å². The van der Waals surface area contributed by atoms with Gasteiger partial charge in [-0.1, -0.05) is 170 Å². The van der Waals surface area contributed by atoms with Crippen LogP contribution in [0.25, 0.3) is 54.8 Å². The molecule has 0 radical (unpaired) electrons. The van der Waals surface area contributed by atoms with Crippen LogP contribution in [0.5, 0.6) is 28.7 Å². The number of ether oxygens (including phenoxy) is 5. The van der Waals surface area contributed by atoms with Crippen molar-refractivity contribution in [2.75, 3.05) is 0 Å². The van der Waals surface area contributed by atoms with Gasteiger partial charge in [0.2, 0.25) is 0 Å². The summed E-state index contributed by atoms with van der Waals surface area (Å²) in [7, 11) is 0. The number of halogens is 9. The Morgan fingerprint density at radius 2 is 0.588 bits per heavy atom. The molecule has 574 valence electrons. The van der Waals surface area contributed by atoms with Crippen molar-refractivity contribution in [2.24, 2.45) is 0 Å². The van der Waals surface area contributed by atoms with E-state index in [1.807, 2.05) is 54.6 Å². The van der Waals surface area contributed by atoms with Gasteiger partial charge < -0.3 is 45.8 Å². The molecule has 15 rings (SSSR count). The Hall–Kier alpha value is -11.6. The van der Waals surface area contributed by atoms with Gasteiger partial charge in [-0.3, -0.25) is 0 Å². The van der Waals surface area contributed by atoms with Crippen LogP contribution >= 0.6 is 103 Å². The van der Waals surface area contributed by atoms with E-state index < -0.39 is 70.5 Å². The molecule has 0 unspecified atom stereocenters. The Balaban J connectivity index is 0.000000141. The fraction of sp³-hybridized carbons (Fsp3) is 0.0588. The van der Waals surface area contributed by atoms with E-state index in [1.165, 1.54) is 84.9 Å². The molecule has 0 amide bonds. The molecule has 15 aromatic rings. The highest BCUT2D eigenvalue weighted by molar-refractivity contribution is 9.10. The van der Waals surface area contributed by atoms with E-state index >= 15 is 0 Å². The summed E-state index contributed by atoms with van der Waals surface area (Å²) in [6.45, 7) is -0.653. The maximum Gasteiger partial charge on any atom is 0.351 e. The topological polar surface area (TPSA) is 283 Å².